The van der Waals surface area contributed by atoms with Gasteiger partial charge in [0.15, 0.2) is 0 Å². The van der Waals surface area contributed by atoms with E-state index in [0.29, 0.717) is 13.0 Å². The molecule has 0 atom stereocenters. The van der Waals surface area contributed by atoms with Crippen molar-refractivity contribution in [1.29, 1.82) is 0 Å². The van der Waals surface area contributed by atoms with Gasteiger partial charge < -0.3 is 10.6 Å². The van der Waals surface area contributed by atoms with Gasteiger partial charge in [0.05, 0.1) is 4.92 Å². The number of fused-ring (bicyclic) bond motifs is 1. The molecule has 1 amide bonds. The first-order chi connectivity index (χ1) is 10.1. The summed E-state index contributed by atoms with van der Waals surface area (Å²) in [6.07, 6.45) is 1.24. The van der Waals surface area contributed by atoms with E-state index < -0.39 is 0 Å². The van der Waals surface area contributed by atoms with Crippen LogP contribution in [0.4, 0.5) is 16.4 Å². The molecule has 6 nitrogen and oxygen atoms in total. The van der Waals surface area contributed by atoms with Crippen LogP contribution in [0.1, 0.15) is 16.9 Å². The van der Waals surface area contributed by atoms with Crippen LogP contribution in [0, 0.1) is 10.1 Å². The van der Waals surface area contributed by atoms with Crippen LogP contribution in [-0.4, -0.2) is 10.8 Å². The fourth-order valence-electron chi connectivity index (χ4n) is 2.24. The number of carbonyl (C=O) groups is 1. The molecule has 0 saturated carbocycles. The van der Waals surface area contributed by atoms with E-state index in [-0.39, 0.29) is 15.8 Å². The van der Waals surface area contributed by atoms with Gasteiger partial charge in [-0.3, -0.25) is 14.9 Å². The second-order valence-corrected chi connectivity index (χ2v) is 5.92. The summed E-state index contributed by atoms with van der Waals surface area (Å²) in [4.78, 5) is 22.5. The molecule has 0 bridgehead atoms. The highest BCUT2D eigenvalue weighted by Crippen LogP contribution is 2.27. The van der Waals surface area contributed by atoms with Gasteiger partial charge >= 0.3 is 5.00 Å². The predicted molar refractivity (Wildman–Crippen MR) is 81.7 cm³/mol. The smallest absolute Gasteiger partial charge is 0.324 e. The molecule has 0 aliphatic carbocycles. The normalized spacial score (nSPS) is 13.4. The fourth-order valence-corrected chi connectivity index (χ4v) is 3.00. The van der Waals surface area contributed by atoms with Crippen LogP contribution in [0.3, 0.4) is 0 Å². The summed E-state index contributed by atoms with van der Waals surface area (Å²) in [7, 11) is 0. The SMILES string of the molecule is O=C1CCc2cc(NCc3ccc([N+](=O)[O-])s3)ccc2N1. The minimum absolute atomic E-state index is 0.0501. The van der Waals surface area contributed by atoms with E-state index in [1.165, 1.54) is 17.4 Å². The van der Waals surface area contributed by atoms with E-state index in [2.05, 4.69) is 10.6 Å². The number of carbonyl (C=O) groups excluding carboxylic acids is 1. The fraction of sp³-hybridized carbons (Fsp3) is 0.214. The van der Waals surface area contributed by atoms with Crippen LogP contribution in [0.2, 0.25) is 0 Å². The van der Waals surface area contributed by atoms with E-state index in [1.54, 1.807) is 6.07 Å². The molecule has 0 unspecified atom stereocenters. The lowest BCUT2D eigenvalue weighted by Gasteiger charge is -2.17. The summed E-state index contributed by atoms with van der Waals surface area (Å²) >= 11 is 1.17. The molecule has 2 heterocycles. The van der Waals surface area contributed by atoms with Gasteiger partial charge in [0.25, 0.3) is 0 Å². The van der Waals surface area contributed by atoms with Crippen molar-refractivity contribution in [2.24, 2.45) is 0 Å². The lowest BCUT2D eigenvalue weighted by molar-refractivity contribution is -0.380. The van der Waals surface area contributed by atoms with Crippen LogP contribution in [-0.2, 0) is 17.8 Å². The highest BCUT2D eigenvalue weighted by Gasteiger charge is 2.15. The molecule has 0 radical (unpaired) electrons. The molecule has 2 N–H and O–H groups in total. The van der Waals surface area contributed by atoms with Crippen molar-refractivity contribution in [2.75, 3.05) is 10.6 Å². The number of nitrogens with zero attached hydrogens (tertiary/aromatic N) is 1. The van der Waals surface area contributed by atoms with E-state index in [0.717, 1.165) is 28.2 Å². The zero-order chi connectivity index (χ0) is 14.8. The van der Waals surface area contributed by atoms with Crippen molar-refractivity contribution in [2.45, 2.75) is 19.4 Å². The average Bonchev–Trinajstić information content (AvgIpc) is 2.94. The van der Waals surface area contributed by atoms with Crippen LogP contribution < -0.4 is 10.6 Å². The number of nitro groups is 1. The highest BCUT2D eigenvalue weighted by atomic mass is 32.1. The first kappa shape index (κ1) is 13.6. The number of aryl methyl sites for hydroxylation is 1. The van der Waals surface area contributed by atoms with Gasteiger partial charge in [-0.15, -0.1) is 0 Å². The summed E-state index contributed by atoms with van der Waals surface area (Å²) in [5.41, 5.74) is 2.92. The lowest BCUT2D eigenvalue weighted by Crippen LogP contribution is -2.18. The summed E-state index contributed by atoms with van der Waals surface area (Å²) in [5.74, 6) is 0.0501. The summed E-state index contributed by atoms with van der Waals surface area (Å²) in [6.45, 7) is 0.545. The Morgan fingerprint density at radius 2 is 2.14 bits per heavy atom. The van der Waals surface area contributed by atoms with E-state index in [9.17, 15) is 14.9 Å². The van der Waals surface area contributed by atoms with Crippen molar-refractivity contribution in [1.82, 2.24) is 0 Å². The first-order valence-corrected chi connectivity index (χ1v) is 7.33. The number of anilines is 2. The molecule has 0 spiro atoms. The van der Waals surface area contributed by atoms with Gasteiger partial charge in [0.2, 0.25) is 5.91 Å². The number of benzene rings is 1. The number of rotatable bonds is 4. The van der Waals surface area contributed by atoms with Gasteiger partial charge in [-0.25, -0.2) is 0 Å². The van der Waals surface area contributed by atoms with Gasteiger partial charge in [0.1, 0.15) is 0 Å². The molecule has 2 aromatic rings. The molecule has 0 saturated heterocycles. The van der Waals surface area contributed by atoms with Crippen molar-refractivity contribution in [3.8, 4) is 0 Å². The molecule has 7 heteroatoms. The number of thiophene rings is 1. The Labute approximate surface area is 124 Å². The standard InChI is InChI=1S/C14H13N3O3S/c18-13-5-1-9-7-10(2-4-12(9)16-13)15-8-11-3-6-14(21-11)17(19)20/h2-4,6-7,15H,1,5,8H2,(H,16,18). The predicted octanol–water partition coefficient (Wildman–Crippen LogP) is 3.15. The van der Waals surface area contributed by atoms with Gasteiger partial charge in [0, 0.05) is 35.3 Å². The Morgan fingerprint density at radius 1 is 1.29 bits per heavy atom. The van der Waals surface area contributed by atoms with Crippen molar-refractivity contribution in [3.63, 3.8) is 0 Å². The third-order valence-corrected chi connectivity index (χ3v) is 4.33. The number of hydrogen-bond donors (Lipinski definition) is 2. The van der Waals surface area contributed by atoms with Crippen LogP contribution in [0.25, 0.3) is 0 Å². The Hall–Kier alpha value is -2.41. The highest BCUT2D eigenvalue weighted by molar-refractivity contribution is 7.15. The van der Waals surface area contributed by atoms with Crippen LogP contribution in [0.5, 0.6) is 0 Å². The van der Waals surface area contributed by atoms with E-state index >= 15 is 0 Å². The molecular formula is C14H13N3O3S. The second-order valence-electron chi connectivity index (χ2n) is 4.77. The summed E-state index contributed by atoms with van der Waals surface area (Å²) < 4.78 is 0. The molecule has 108 valence electrons. The summed E-state index contributed by atoms with van der Waals surface area (Å²) in [6, 6.07) is 9.06. The van der Waals surface area contributed by atoms with E-state index in [4.69, 9.17) is 0 Å². The maximum atomic E-state index is 11.3. The zero-order valence-electron chi connectivity index (χ0n) is 11.1. The van der Waals surface area contributed by atoms with Crippen molar-refractivity contribution in [3.05, 3.63) is 50.9 Å². The largest absolute Gasteiger partial charge is 0.380 e. The molecular weight excluding hydrogens is 290 g/mol. The zero-order valence-corrected chi connectivity index (χ0v) is 11.9. The minimum atomic E-state index is -0.379. The Bertz CT molecular complexity index is 711. The molecule has 1 aliphatic rings. The van der Waals surface area contributed by atoms with E-state index in [1.807, 2.05) is 18.2 Å². The topological polar surface area (TPSA) is 84.3 Å². The molecule has 0 fully saturated rings. The minimum Gasteiger partial charge on any atom is -0.380 e. The van der Waals surface area contributed by atoms with Crippen molar-refractivity contribution < 1.29 is 9.72 Å². The number of amides is 1. The number of hydrogen-bond acceptors (Lipinski definition) is 5. The van der Waals surface area contributed by atoms with Crippen LogP contribution in [0.15, 0.2) is 30.3 Å². The Balaban J connectivity index is 1.68. The number of nitrogens with one attached hydrogen (secondary N) is 2. The quantitative estimate of drug-likeness (QED) is 0.671. The second kappa shape index (κ2) is 5.53. The van der Waals surface area contributed by atoms with Gasteiger partial charge in [-0.1, -0.05) is 11.3 Å². The molecule has 1 aromatic heterocycles. The average molecular weight is 303 g/mol. The molecule has 1 aliphatic heterocycles. The lowest BCUT2D eigenvalue weighted by atomic mass is 10.0. The Kier molecular flexibility index (Phi) is 3.57. The third kappa shape index (κ3) is 3.03. The monoisotopic (exact) mass is 303 g/mol. The maximum absolute atomic E-state index is 11.3. The first-order valence-electron chi connectivity index (χ1n) is 6.51. The van der Waals surface area contributed by atoms with Crippen LogP contribution >= 0.6 is 11.3 Å². The van der Waals surface area contributed by atoms with Crippen molar-refractivity contribution >= 4 is 33.6 Å². The summed E-state index contributed by atoms with van der Waals surface area (Å²) in [5, 5.41) is 16.9. The van der Waals surface area contributed by atoms with Gasteiger partial charge in [-0.05, 0) is 36.2 Å². The molecule has 21 heavy (non-hydrogen) atoms. The maximum Gasteiger partial charge on any atom is 0.324 e. The Morgan fingerprint density at radius 3 is 2.90 bits per heavy atom. The molecule has 3 rings (SSSR count). The van der Waals surface area contributed by atoms with Gasteiger partial charge in [-0.2, -0.15) is 0 Å². The third-order valence-electron chi connectivity index (χ3n) is 3.29. The molecule has 1 aromatic carbocycles.